The molecular weight excluding hydrogens is 280 g/mol. The number of rotatable bonds is 5. The molecule has 1 heterocycles. The zero-order valence-electron chi connectivity index (χ0n) is 10.6. The Labute approximate surface area is 119 Å². The second kappa shape index (κ2) is 5.87. The van der Waals surface area contributed by atoms with Gasteiger partial charge in [-0.2, -0.15) is 0 Å². The van der Waals surface area contributed by atoms with E-state index >= 15 is 0 Å². The number of aliphatic carboxylic acids is 1. The third kappa shape index (κ3) is 2.88. The molecule has 2 rings (SSSR count). The highest BCUT2D eigenvalue weighted by molar-refractivity contribution is 7.99. The van der Waals surface area contributed by atoms with Crippen molar-refractivity contribution in [2.24, 2.45) is 5.92 Å². The predicted molar refractivity (Wildman–Crippen MR) is 75.9 cm³/mol. The summed E-state index contributed by atoms with van der Waals surface area (Å²) in [5, 5.41) is 21.0. The van der Waals surface area contributed by atoms with Gasteiger partial charge in [0.05, 0.1) is 16.2 Å². The van der Waals surface area contributed by atoms with Gasteiger partial charge in [0, 0.05) is 34.5 Å². The van der Waals surface area contributed by atoms with Crippen molar-refractivity contribution in [2.45, 2.75) is 11.8 Å². The first-order valence-electron chi connectivity index (χ1n) is 5.87. The van der Waals surface area contributed by atoms with E-state index in [1.165, 1.54) is 24.0 Å². The van der Waals surface area contributed by atoms with Crippen molar-refractivity contribution < 1.29 is 14.8 Å². The third-order valence-corrected chi connectivity index (χ3v) is 4.20. The molecule has 2 aromatic rings. The Kier molecular flexibility index (Phi) is 4.19. The molecule has 0 aliphatic carbocycles. The molecule has 0 amide bonds. The van der Waals surface area contributed by atoms with Gasteiger partial charge in [-0.25, -0.2) is 0 Å². The lowest BCUT2D eigenvalue weighted by Gasteiger charge is -2.08. The van der Waals surface area contributed by atoms with Crippen LogP contribution >= 0.6 is 11.8 Å². The van der Waals surface area contributed by atoms with Crippen molar-refractivity contribution in [3.8, 4) is 0 Å². The second-order valence-corrected chi connectivity index (χ2v) is 5.37. The van der Waals surface area contributed by atoms with Crippen LogP contribution in [0.1, 0.15) is 6.92 Å². The summed E-state index contributed by atoms with van der Waals surface area (Å²) in [5.74, 6) is -0.928. The van der Waals surface area contributed by atoms with Gasteiger partial charge in [-0.1, -0.05) is 6.92 Å². The average molecular weight is 292 g/mol. The minimum absolute atomic E-state index is 0.00346. The van der Waals surface area contributed by atoms with Crippen molar-refractivity contribution in [3.05, 3.63) is 40.7 Å². The monoisotopic (exact) mass is 292 g/mol. The van der Waals surface area contributed by atoms with E-state index in [2.05, 4.69) is 4.98 Å². The molecule has 1 unspecified atom stereocenters. The number of carbonyl (C=O) groups is 1. The summed E-state index contributed by atoms with van der Waals surface area (Å²) in [7, 11) is 0. The Balaban J connectivity index is 2.38. The second-order valence-electron chi connectivity index (χ2n) is 4.31. The first-order valence-corrected chi connectivity index (χ1v) is 6.86. The Morgan fingerprint density at radius 1 is 1.45 bits per heavy atom. The topological polar surface area (TPSA) is 93.3 Å². The van der Waals surface area contributed by atoms with Crippen LogP contribution in [0.3, 0.4) is 0 Å². The van der Waals surface area contributed by atoms with Gasteiger partial charge >= 0.3 is 5.97 Å². The van der Waals surface area contributed by atoms with Crippen LogP contribution in [0.5, 0.6) is 0 Å². The Hall–Kier alpha value is -2.15. The Morgan fingerprint density at radius 2 is 2.20 bits per heavy atom. The lowest BCUT2D eigenvalue weighted by atomic mass is 10.1. The van der Waals surface area contributed by atoms with Gasteiger partial charge in [-0.3, -0.25) is 19.9 Å². The van der Waals surface area contributed by atoms with Crippen LogP contribution in [0.4, 0.5) is 5.69 Å². The first kappa shape index (κ1) is 14.3. The number of nitro groups is 1. The van der Waals surface area contributed by atoms with Crippen molar-refractivity contribution in [1.29, 1.82) is 0 Å². The molecule has 7 heteroatoms. The summed E-state index contributed by atoms with van der Waals surface area (Å²) in [6.07, 6.45) is 3.02. The van der Waals surface area contributed by atoms with Crippen LogP contribution in [0.25, 0.3) is 10.8 Å². The molecule has 1 aromatic carbocycles. The van der Waals surface area contributed by atoms with E-state index in [1.807, 2.05) is 0 Å². The van der Waals surface area contributed by atoms with Gasteiger partial charge in [0.15, 0.2) is 0 Å². The van der Waals surface area contributed by atoms with Crippen molar-refractivity contribution in [3.63, 3.8) is 0 Å². The van der Waals surface area contributed by atoms with Crippen molar-refractivity contribution >= 4 is 34.2 Å². The molecule has 0 bridgehead atoms. The normalized spacial score (nSPS) is 12.2. The average Bonchev–Trinajstić information content (AvgIpc) is 2.43. The maximum absolute atomic E-state index is 11.0. The molecule has 0 radical (unpaired) electrons. The molecule has 0 saturated heterocycles. The maximum atomic E-state index is 11.0. The van der Waals surface area contributed by atoms with Crippen molar-refractivity contribution in [2.75, 3.05) is 5.75 Å². The van der Waals surface area contributed by atoms with Gasteiger partial charge in [-0.05, 0) is 12.1 Å². The smallest absolute Gasteiger partial charge is 0.307 e. The minimum Gasteiger partial charge on any atom is -0.481 e. The highest BCUT2D eigenvalue weighted by Crippen LogP contribution is 2.33. The summed E-state index contributed by atoms with van der Waals surface area (Å²) in [4.78, 5) is 26.1. The zero-order valence-corrected chi connectivity index (χ0v) is 11.5. The van der Waals surface area contributed by atoms with Crippen LogP contribution in [-0.4, -0.2) is 26.7 Å². The minimum atomic E-state index is -0.856. The molecule has 1 aromatic heterocycles. The number of carboxylic acids is 1. The molecular formula is C13H12N2O4S. The summed E-state index contributed by atoms with van der Waals surface area (Å²) in [6.45, 7) is 1.63. The number of hydrogen-bond donors (Lipinski definition) is 1. The van der Waals surface area contributed by atoms with Crippen LogP contribution in [0.2, 0.25) is 0 Å². The number of non-ortho nitro benzene ring substituents is 1. The number of nitro benzene ring substituents is 1. The summed E-state index contributed by atoms with van der Waals surface area (Å²) < 4.78 is 0. The standard InChI is InChI=1S/C13H12N2O4S/c1-8(13(16)17)7-20-12-3-2-11(15(18)19)10-6-14-5-4-9(10)12/h2-6,8H,7H2,1H3,(H,16,17). The van der Waals surface area contributed by atoms with E-state index in [-0.39, 0.29) is 5.69 Å². The lowest BCUT2D eigenvalue weighted by molar-refractivity contribution is -0.383. The van der Waals surface area contributed by atoms with Gasteiger partial charge in [0.25, 0.3) is 5.69 Å². The lowest BCUT2D eigenvalue weighted by Crippen LogP contribution is -2.11. The number of aromatic nitrogens is 1. The number of carboxylic acid groups (broad SMARTS) is 1. The van der Waals surface area contributed by atoms with E-state index in [4.69, 9.17) is 5.11 Å². The van der Waals surface area contributed by atoms with Crippen LogP contribution in [0.15, 0.2) is 35.5 Å². The molecule has 104 valence electrons. The zero-order chi connectivity index (χ0) is 14.7. The molecule has 0 aliphatic heterocycles. The molecule has 1 atom stereocenters. The van der Waals surface area contributed by atoms with Gasteiger partial charge < -0.3 is 5.11 Å². The molecule has 0 saturated carbocycles. The predicted octanol–water partition coefficient (Wildman–Crippen LogP) is 2.96. The van der Waals surface area contributed by atoms with Crippen LogP contribution in [-0.2, 0) is 4.79 Å². The number of hydrogen-bond acceptors (Lipinski definition) is 5. The molecule has 0 fully saturated rings. The highest BCUT2D eigenvalue weighted by atomic mass is 32.2. The van der Waals surface area contributed by atoms with Crippen LogP contribution in [0, 0.1) is 16.0 Å². The fourth-order valence-electron chi connectivity index (χ4n) is 1.72. The summed E-state index contributed by atoms with van der Waals surface area (Å²) in [6, 6.07) is 4.79. The van der Waals surface area contributed by atoms with Crippen molar-refractivity contribution in [1.82, 2.24) is 4.98 Å². The fourth-order valence-corrected chi connectivity index (χ4v) is 2.79. The van der Waals surface area contributed by atoms with E-state index in [0.717, 1.165) is 10.3 Å². The molecule has 6 nitrogen and oxygen atoms in total. The number of benzene rings is 1. The van der Waals surface area contributed by atoms with Gasteiger partial charge in [0.1, 0.15) is 0 Å². The fraction of sp³-hybridized carbons (Fsp3) is 0.231. The third-order valence-electron chi connectivity index (χ3n) is 2.86. The molecule has 20 heavy (non-hydrogen) atoms. The number of nitrogens with zero attached hydrogens (tertiary/aromatic N) is 2. The molecule has 0 aliphatic rings. The quantitative estimate of drug-likeness (QED) is 0.517. The molecule has 0 spiro atoms. The number of pyridine rings is 1. The van der Waals surface area contributed by atoms with E-state index < -0.39 is 16.8 Å². The van der Waals surface area contributed by atoms with Gasteiger partial charge in [0.2, 0.25) is 0 Å². The first-order chi connectivity index (χ1) is 9.50. The number of thioether (sulfide) groups is 1. The maximum Gasteiger partial charge on any atom is 0.307 e. The summed E-state index contributed by atoms with van der Waals surface area (Å²) in [5.41, 5.74) is 0.00346. The van der Waals surface area contributed by atoms with E-state index in [0.29, 0.717) is 11.1 Å². The summed E-state index contributed by atoms with van der Waals surface area (Å²) >= 11 is 1.38. The van der Waals surface area contributed by atoms with Gasteiger partial charge in [-0.15, -0.1) is 11.8 Å². The Bertz CT molecular complexity index is 674. The van der Waals surface area contributed by atoms with Crippen LogP contribution < -0.4 is 0 Å². The largest absolute Gasteiger partial charge is 0.481 e. The van der Waals surface area contributed by atoms with E-state index in [1.54, 1.807) is 25.3 Å². The number of fused-ring (bicyclic) bond motifs is 1. The SMILES string of the molecule is CC(CSc1ccc([N+](=O)[O-])c2cnccc12)C(=O)O. The highest BCUT2D eigenvalue weighted by Gasteiger charge is 2.16. The Morgan fingerprint density at radius 3 is 2.85 bits per heavy atom. The van der Waals surface area contributed by atoms with E-state index in [9.17, 15) is 14.9 Å². The molecule has 1 N–H and O–H groups in total.